The first-order valence-electron chi connectivity index (χ1n) is 11.5. The Hall–Kier alpha value is -3.80. The highest BCUT2D eigenvalue weighted by molar-refractivity contribution is 6.00. The standard InChI is InChI=1S/C25H28N4O5/c1-15-16(2)29(17-8-4-3-5-9-17)24(18(15)13-26)28-22(30)14-33-23(31)12-21-25(32)27-19-10-6-7-11-20(19)34-21/h6-7,10-11,17,21H,3-5,8-9,12,14H2,1-2H3,(H,27,32)(H,28,30)/t21-/m0/s1. The summed E-state index contributed by atoms with van der Waals surface area (Å²) in [6.45, 7) is 3.30. The SMILES string of the molecule is Cc1c(C#N)c(NC(=O)COC(=O)C[C@@H]2Oc3ccccc3NC2=O)n(C2CCCCC2)c1C. The molecule has 1 aromatic heterocycles. The normalized spacial score (nSPS) is 17.7. The van der Waals surface area contributed by atoms with Crippen LogP contribution in [0.3, 0.4) is 0 Å². The summed E-state index contributed by atoms with van der Waals surface area (Å²) in [4.78, 5) is 37.1. The number of fused-ring (bicyclic) bond motifs is 1. The zero-order chi connectivity index (χ0) is 24.2. The van der Waals surface area contributed by atoms with E-state index in [1.54, 1.807) is 24.3 Å². The number of hydrogen-bond acceptors (Lipinski definition) is 6. The number of hydrogen-bond donors (Lipinski definition) is 2. The molecule has 2 amide bonds. The quantitative estimate of drug-likeness (QED) is 0.628. The van der Waals surface area contributed by atoms with E-state index in [9.17, 15) is 19.6 Å². The molecule has 34 heavy (non-hydrogen) atoms. The van der Waals surface area contributed by atoms with E-state index in [1.807, 2.05) is 18.4 Å². The first-order chi connectivity index (χ1) is 16.4. The maximum absolute atomic E-state index is 12.6. The third-order valence-electron chi connectivity index (χ3n) is 6.49. The molecule has 4 rings (SSSR count). The number of carbonyl (C=O) groups is 3. The van der Waals surface area contributed by atoms with Crippen molar-refractivity contribution in [3.63, 3.8) is 0 Å². The van der Waals surface area contributed by atoms with Crippen LogP contribution < -0.4 is 15.4 Å². The van der Waals surface area contributed by atoms with Gasteiger partial charge >= 0.3 is 5.97 Å². The highest BCUT2D eigenvalue weighted by Gasteiger charge is 2.31. The van der Waals surface area contributed by atoms with Gasteiger partial charge in [0.25, 0.3) is 11.8 Å². The third-order valence-corrected chi connectivity index (χ3v) is 6.49. The van der Waals surface area contributed by atoms with Crippen LogP contribution in [0.25, 0.3) is 0 Å². The summed E-state index contributed by atoms with van der Waals surface area (Å²) in [5, 5.41) is 15.2. The summed E-state index contributed by atoms with van der Waals surface area (Å²) in [7, 11) is 0. The molecule has 0 saturated heterocycles. The molecular weight excluding hydrogens is 436 g/mol. The number of nitrogens with one attached hydrogen (secondary N) is 2. The van der Waals surface area contributed by atoms with Gasteiger partial charge in [-0.05, 0) is 44.4 Å². The molecule has 2 heterocycles. The molecule has 2 N–H and O–H groups in total. The number of carbonyl (C=O) groups excluding carboxylic acids is 3. The lowest BCUT2D eigenvalue weighted by Crippen LogP contribution is -2.39. The van der Waals surface area contributed by atoms with Gasteiger partial charge in [0, 0.05) is 11.7 Å². The lowest BCUT2D eigenvalue weighted by atomic mass is 9.95. The van der Waals surface area contributed by atoms with E-state index in [-0.39, 0.29) is 12.5 Å². The minimum Gasteiger partial charge on any atom is -0.478 e. The van der Waals surface area contributed by atoms with Crippen molar-refractivity contribution in [2.24, 2.45) is 0 Å². The second-order valence-electron chi connectivity index (χ2n) is 8.71. The summed E-state index contributed by atoms with van der Waals surface area (Å²) < 4.78 is 12.7. The van der Waals surface area contributed by atoms with Gasteiger partial charge in [-0.1, -0.05) is 31.4 Å². The van der Waals surface area contributed by atoms with Crippen molar-refractivity contribution in [1.29, 1.82) is 5.26 Å². The van der Waals surface area contributed by atoms with Crippen LogP contribution in [-0.2, 0) is 19.1 Å². The Labute approximate surface area is 198 Å². The summed E-state index contributed by atoms with van der Waals surface area (Å²) in [6.07, 6.45) is 4.02. The number of aromatic nitrogens is 1. The fourth-order valence-electron chi connectivity index (χ4n) is 4.63. The van der Waals surface area contributed by atoms with Crippen LogP contribution in [0.1, 0.15) is 61.4 Å². The van der Waals surface area contributed by atoms with Crippen molar-refractivity contribution in [3.05, 3.63) is 41.1 Å². The molecule has 1 atom stereocenters. The zero-order valence-electron chi connectivity index (χ0n) is 19.3. The number of para-hydroxylation sites is 2. The van der Waals surface area contributed by atoms with E-state index < -0.39 is 30.5 Å². The summed E-state index contributed by atoms with van der Waals surface area (Å²) in [5.74, 6) is -0.799. The Morgan fingerprint density at radius 1 is 1.24 bits per heavy atom. The van der Waals surface area contributed by atoms with Gasteiger partial charge in [-0.3, -0.25) is 14.4 Å². The largest absolute Gasteiger partial charge is 0.478 e. The van der Waals surface area contributed by atoms with Gasteiger partial charge < -0.3 is 24.7 Å². The molecule has 0 bridgehead atoms. The van der Waals surface area contributed by atoms with Crippen LogP contribution in [0.4, 0.5) is 11.5 Å². The Morgan fingerprint density at radius 3 is 2.71 bits per heavy atom. The molecule has 2 aromatic rings. The Morgan fingerprint density at radius 2 is 1.97 bits per heavy atom. The highest BCUT2D eigenvalue weighted by Crippen LogP contribution is 2.36. The first-order valence-corrected chi connectivity index (χ1v) is 11.5. The Balaban J connectivity index is 1.38. The number of rotatable bonds is 6. The number of nitriles is 1. The molecule has 1 aliphatic heterocycles. The van der Waals surface area contributed by atoms with Crippen molar-refractivity contribution in [3.8, 4) is 11.8 Å². The van der Waals surface area contributed by atoms with Crippen LogP contribution >= 0.6 is 0 Å². The molecule has 1 aliphatic carbocycles. The van der Waals surface area contributed by atoms with Crippen molar-refractivity contribution < 1.29 is 23.9 Å². The summed E-state index contributed by atoms with van der Waals surface area (Å²) >= 11 is 0. The van der Waals surface area contributed by atoms with Gasteiger partial charge in [-0.15, -0.1) is 0 Å². The minimum absolute atomic E-state index is 0.220. The van der Waals surface area contributed by atoms with Crippen LogP contribution in [0.5, 0.6) is 5.75 Å². The summed E-state index contributed by atoms with van der Waals surface area (Å²) in [5.41, 5.74) is 2.75. The Bertz CT molecular complexity index is 1160. The number of nitrogens with zero attached hydrogens (tertiary/aromatic N) is 2. The van der Waals surface area contributed by atoms with E-state index in [4.69, 9.17) is 9.47 Å². The number of benzene rings is 1. The maximum Gasteiger partial charge on any atom is 0.310 e. The second kappa shape index (κ2) is 10.00. The molecule has 9 nitrogen and oxygen atoms in total. The minimum atomic E-state index is -1.04. The number of ether oxygens (including phenoxy) is 2. The predicted octanol–water partition coefficient (Wildman–Crippen LogP) is 3.75. The average molecular weight is 465 g/mol. The van der Waals surface area contributed by atoms with Crippen molar-refractivity contribution in [2.75, 3.05) is 17.2 Å². The van der Waals surface area contributed by atoms with Gasteiger partial charge in [0.1, 0.15) is 17.6 Å². The molecule has 9 heteroatoms. The van der Waals surface area contributed by atoms with Gasteiger partial charge in [0.2, 0.25) is 0 Å². The van der Waals surface area contributed by atoms with E-state index in [0.717, 1.165) is 36.9 Å². The highest BCUT2D eigenvalue weighted by atomic mass is 16.5. The molecule has 2 aliphatic rings. The Kier molecular flexibility index (Phi) is 6.87. The molecule has 178 valence electrons. The maximum atomic E-state index is 12.6. The smallest absolute Gasteiger partial charge is 0.310 e. The fraction of sp³-hybridized carbons (Fsp3) is 0.440. The number of amides is 2. The third kappa shape index (κ3) is 4.76. The molecule has 1 saturated carbocycles. The van der Waals surface area contributed by atoms with E-state index >= 15 is 0 Å². The molecule has 0 radical (unpaired) electrons. The lowest BCUT2D eigenvalue weighted by Gasteiger charge is -2.27. The van der Waals surface area contributed by atoms with Gasteiger partial charge in [-0.2, -0.15) is 5.26 Å². The van der Waals surface area contributed by atoms with Gasteiger partial charge in [0.15, 0.2) is 12.7 Å². The number of esters is 1. The molecule has 0 spiro atoms. The molecule has 1 fully saturated rings. The van der Waals surface area contributed by atoms with Crippen molar-refractivity contribution >= 4 is 29.3 Å². The van der Waals surface area contributed by atoms with E-state index in [0.29, 0.717) is 22.8 Å². The second-order valence-corrected chi connectivity index (χ2v) is 8.71. The van der Waals surface area contributed by atoms with E-state index in [1.165, 1.54) is 6.42 Å². The fourth-order valence-corrected chi connectivity index (χ4v) is 4.63. The van der Waals surface area contributed by atoms with E-state index in [2.05, 4.69) is 16.7 Å². The molecule has 0 unspecified atom stereocenters. The first kappa shape index (κ1) is 23.4. The number of anilines is 2. The van der Waals surface area contributed by atoms with Crippen molar-refractivity contribution in [2.45, 2.75) is 64.5 Å². The average Bonchev–Trinajstić information content (AvgIpc) is 3.07. The van der Waals surface area contributed by atoms with Gasteiger partial charge in [-0.25, -0.2) is 0 Å². The molecule has 1 aromatic carbocycles. The summed E-state index contributed by atoms with van der Waals surface area (Å²) in [6, 6.07) is 9.34. The van der Waals surface area contributed by atoms with Crippen LogP contribution in [0.2, 0.25) is 0 Å². The van der Waals surface area contributed by atoms with Crippen LogP contribution in [0, 0.1) is 25.2 Å². The van der Waals surface area contributed by atoms with Crippen LogP contribution in [-0.4, -0.2) is 35.1 Å². The monoisotopic (exact) mass is 464 g/mol. The zero-order valence-corrected chi connectivity index (χ0v) is 19.3. The topological polar surface area (TPSA) is 122 Å². The predicted molar refractivity (Wildman–Crippen MR) is 124 cm³/mol. The lowest BCUT2D eigenvalue weighted by molar-refractivity contribution is -0.150. The van der Waals surface area contributed by atoms with Crippen LogP contribution in [0.15, 0.2) is 24.3 Å². The molecular formula is C25H28N4O5. The van der Waals surface area contributed by atoms with Gasteiger partial charge in [0.05, 0.1) is 17.7 Å². The van der Waals surface area contributed by atoms with Crippen molar-refractivity contribution in [1.82, 2.24) is 4.57 Å².